The van der Waals surface area contributed by atoms with Crippen LogP contribution in [0.5, 0.6) is 0 Å². The minimum atomic E-state index is -0.857. The number of hydrogen-bond donors (Lipinski definition) is 1. The molecule has 0 bridgehead atoms. The molecule has 1 N–H and O–H groups in total. The Labute approximate surface area is 198 Å². The summed E-state index contributed by atoms with van der Waals surface area (Å²) in [6.07, 6.45) is 6.12. The Kier molecular flexibility index (Phi) is 6.91. The number of halogens is 1. The SMILES string of the molecule is CCc1cccc(C)c1N=C1N=C(SCC(=O)O)N(c2ccc(Cl)cc2)C12CCCCC2. The highest BCUT2D eigenvalue weighted by Crippen LogP contribution is 2.45. The lowest BCUT2D eigenvalue weighted by atomic mass is 9.79. The number of aryl methyl sites for hydroxylation is 2. The molecule has 1 heterocycles. The lowest BCUT2D eigenvalue weighted by Gasteiger charge is -2.42. The molecule has 1 fully saturated rings. The van der Waals surface area contributed by atoms with Crippen LogP contribution in [0.1, 0.15) is 50.2 Å². The number of thioether (sulfide) groups is 1. The highest BCUT2D eigenvalue weighted by Gasteiger charge is 2.50. The van der Waals surface area contributed by atoms with E-state index in [1.54, 1.807) is 0 Å². The molecule has 1 aliphatic carbocycles. The molecule has 0 amide bonds. The molecule has 0 radical (unpaired) electrons. The number of amidine groups is 2. The first-order valence-corrected chi connectivity index (χ1v) is 12.5. The molecule has 1 saturated carbocycles. The van der Waals surface area contributed by atoms with Crippen molar-refractivity contribution in [2.75, 3.05) is 10.7 Å². The Balaban J connectivity index is 1.88. The van der Waals surface area contributed by atoms with Gasteiger partial charge in [-0.15, -0.1) is 0 Å². The average Bonchev–Trinajstić information content (AvgIpc) is 3.07. The molecule has 0 aromatic heterocycles. The predicted octanol–water partition coefficient (Wildman–Crippen LogP) is 6.64. The molecule has 32 heavy (non-hydrogen) atoms. The fourth-order valence-electron chi connectivity index (χ4n) is 4.68. The molecule has 4 rings (SSSR count). The van der Waals surface area contributed by atoms with Gasteiger partial charge in [-0.1, -0.05) is 67.7 Å². The zero-order valence-electron chi connectivity index (χ0n) is 18.5. The summed E-state index contributed by atoms with van der Waals surface area (Å²) in [5.74, 6) is -0.107. The Morgan fingerprint density at radius 3 is 2.56 bits per heavy atom. The second kappa shape index (κ2) is 9.67. The topological polar surface area (TPSA) is 65.3 Å². The molecule has 168 valence electrons. The summed E-state index contributed by atoms with van der Waals surface area (Å²) in [6, 6.07) is 14.0. The lowest BCUT2D eigenvalue weighted by Crippen LogP contribution is -2.52. The first-order valence-electron chi connectivity index (χ1n) is 11.1. The molecule has 0 saturated heterocycles. The van der Waals surface area contributed by atoms with Crippen molar-refractivity contribution in [3.63, 3.8) is 0 Å². The van der Waals surface area contributed by atoms with Crippen LogP contribution in [0.15, 0.2) is 52.4 Å². The van der Waals surface area contributed by atoms with E-state index in [4.69, 9.17) is 21.6 Å². The van der Waals surface area contributed by atoms with Gasteiger partial charge in [-0.2, -0.15) is 0 Å². The van der Waals surface area contributed by atoms with Crippen molar-refractivity contribution in [3.8, 4) is 0 Å². The average molecular weight is 470 g/mol. The number of carbonyl (C=O) groups is 1. The first-order chi connectivity index (χ1) is 15.4. The zero-order chi connectivity index (χ0) is 22.7. The second-order valence-electron chi connectivity index (χ2n) is 8.35. The van der Waals surface area contributed by atoms with Gasteiger partial charge in [0.15, 0.2) is 11.0 Å². The monoisotopic (exact) mass is 469 g/mol. The third kappa shape index (κ3) is 4.44. The maximum Gasteiger partial charge on any atom is 0.313 e. The van der Waals surface area contributed by atoms with Crippen molar-refractivity contribution in [3.05, 3.63) is 58.6 Å². The molecular formula is C25H28ClN3O2S. The van der Waals surface area contributed by atoms with Crippen LogP contribution < -0.4 is 4.90 Å². The molecule has 2 aliphatic rings. The maximum absolute atomic E-state index is 11.4. The largest absolute Gasteiger partial charge is 0.481 e. The van der Waals surface area contributed by atoms with Crippen molar-refractivity contribution in [2.45, 2.75) is 57.9 Å². The van der Waals surface area contributed by atoms with E-state index in [2.05, 4.69) is 36.9 Å². The van der Waals surface area contributed by atoms with Gasteiger partial charge in [-0.05, 0) is 61.6 Å². The number of para-hydroxylation sites is 1. The molecule has 1 spiro atoms. The summed E-state index contributed by atoms with van der Waals surface area (Å²) in [6.45, 7) is 4.22. The van der Waals surface area contributed by atoms with Crippen LogP contribution in [0.3, 0.4) is 0 Å². The molecule has 2 aromatic carbocycles. The Bertz CT molecular complexity index is 1060. The van der Waals surface area contributed by atoms with Gasteiger partial charge in [-0.25, -0.2) is 9.98 Å². The predicted molar refractivity (Wildman–Crippen MR) is 135 cm³/mol. The van der Waals surface area contributed by atoms with Crippen LogP contribution in [0.2, 0.25) is 5.02 Å². The van der Waals surface area contributed by atoms with Crippen LogP contribution in [-0.2, 0) is 11.2 Å². The van der Waals surface area contributed by atoms with Gasteiger partial charge in [-0.3, -0.25) is 4.79 Å². The van der Waals surface area contributed by atoms with Crippen LogP contribution >= 0.6 is 23.4 Å². The summed E-state index contributed by atoms with van der Waals surface area (Å²) in [7, 11) is 0. The summed E-state index contributed by atoms with van der Waals surface area (Å²) < 4.78 is 0. The number of carboxylic acid groups (broad SMARTS) is 1. The van der Waals surface area contributed by atoms with E-state index in [0.29, 0.717) is 10.2 Å². The number of aliphatic imine (C=N–C) groups is 2. The highest BCUT2D eigenvalue weighted by atomic mass is 35.5. The molecule has 0 atom stereocenters. The van der Waals surface area contributed by atoms with Crippen molar-refractivity contribution in [1.29, 1.82) is 0 Å². The quantitative estimate of drug-likeness (QED) is 0.533. The van der Waals surface area contributed by atoms with Crippen molar-refractivity contribution >= 4 is 51.7 Å². The van der Waals surface area contributed by atoms with Gasteiger partial charge >= 0.3 is 5.97 Å². The number of hydrogen-bond acceptors (Lipinski definition) is 4. The standard InChI is InChI=1S/C25H28ClN3O2S/c1-3-18-9-7-8-17(2)22(18)27-23-25(14-5-4-6-15-25)29(20-12-10-19(26)11-13-20)24(28-23)32-16-21(30)31/h7-13H,3-6,14-16H2,1-2H3,(H,30,31). The Hall–Kier alpha value is -2.31. The number of nitrogens with zero attached hydrogens (tertiary/aromatic N) is 3. The van der Waals surface area contributed by atoms with Crippen LogP contribution in [-0.4, -0.2) is 33.4 Å². The minimum absolute atomic E-state index is 0.0448. The van der Waals surface area contributed by atoms with E-state index in [1.807, 2.05) is 24.3 Å². The maximum atomic E-state index is 11.4. The van der Waals surface area contributed by atoms with Gasteiger partial charge in [0.2, 0.25) is 0 Å². The Morgan fingerprint density at radius 2 is 1.91 bits per heavy atom. The molecule has 1 aliphatic heterocycles. The highest BCUT2D eigenvalue weighted by molar-refractivity contribution is 8.14. The number of rotatable bonds is 5. The van der Waals surface area contributed by atoms with E-state index < -0.39 is 5.97 Å². The van der Waals surface area contributed by atoms with Crippen molar-refractivity contribution in [1.82, 2.24) is 0 Å². The normalized spacial score (nSPS) is 18.9. The smallest absolute Gasteiger partial charge is 0.313 e. The van der Waals surface area contributed by atoms with Gasteiger partial charge in [0.25, 0.3) is 0 Å². The number of benzene rings is 2. The zero-order valence-corrected chi connectivity index (χ0v) is 20.0. The molecular weight excluding hydrogens is 442 g/mol. The molecule has 2 aromatic rings. The fourth-order valence-corrected chi connectivity index (χ4v) is 5.62. The minimum Gasteiger partial charge on any atom is -0.481 e. The van der Waals surface area contributed by atoms with Crippen LogP contribution in [0.4, 0.5) is 11.4 Å². The van der Waals surface area contributed by atoms with Gasteiger partial charge in [0.05, 0.1) is 11.4 Å². The summed E-state index contributed by atoms with van der Waals surface area (Å²) >= 11 is 7.42. The lowest BCUT2D eigenvalue weighted by molar-refractivity contribution is -0.133. The summed E-state index contributed by atoms with van der Waals surface area (Å²) in [4.78, 5) is 23.8. The first kappa shape index (κ1) is 22.9. The third-order valence-corrected chi connectivity index (χ3v) is 7.42. The van der Waals surface area contributed by atoms with Gasteiger partial charge in [0.1, 0.15) is 5.54 Å². The van der Waals surface area contributed by atoms with E-state index in [9.17, 15) is 9.90 Å². The number of anilines is 1. The van der Waals surface area contributed by atoms with Gasteiger partial charge < -0.3 is 10.0 Å². The molecule has 5 nitrogen and oxygen atoms in total. The second-order valence-corrected chi connectivity index (χ2v) is 9.73. The molecule has 0 unspecified atom stereocenters. The van der Waals surface area contributed by atoms with E-state index in [1.165, 1.54) is 23.7 Å². The number of carboxylic acids is 1. The Morgan fingerprint density at radius 1 is 1.19 bits per heavy atom. The third-order valence-electron chi connectivity index (χ3n) is 6.25. The number of aliphatic carboxylic acids is 1. The van der Waals surface area contributed by atoms with Crippen molar-refractivity contribution < 1.29 is 9.90 Å². The van der Waals surface area contributed by atoms with E-state index in [-0.39, 0.29) is 11.3 Å². The molecule has 7 heteroatoms. The summed E-state index contributed by atoms with van der Waals surface area (Å²) in [5.41, 5.74) is 3.91. The van der Waals surface area contributed by atoms with E-state index in [0.717, 1.165) is 54.9 Å². The summed E-state index contributed by atoms with van der Waals surface area (Å²) in [5, 5.41) is 10.7. The van der Waals surface area contributed by atoms with Crippen LogP contribution in [0, 0.1) is 6.92 Å². The van der Waals surface area contributed by atoms with Crippen molar-refractivity contribution in [2.24, 2.45) is 9.98 Å². The fraction of sp³-hybridized carbons (Fsp3) is 0.400. The van der Waals surface area contributed by atoms with E-state index >= 15 is 0 Å². The van der Waals surface area contributed by atoms with Gasteiger partial charge in [0, 0.05) is 10.7 Å². The van der Waals surface area contributed by atoms with Crippen LogP contribution in [0.25, 0.3) is 0 Å².